The van der Waals surface area contributed by atoms with Crippen LogP contribution in [0.5, 0.6) is 0 Å². The minimum Gasteiger partial charge on any atom is -0.368 e. The SMILES string of the molecule is Cc1cnc(N)nc1-c1cccc([N+](=O)[O-])c1. The molecular weight excluding hydrogens is 220 g/mol. The molecule has 1 aromatic carbocycles. The zero-order valence-corrected chi connectivity index (χ0v) is 9.12. The van der Waals surface area contributed by atoms with E-state index in [2.05, 4.69) is 9.97 Å². The third-order valence-electron chi connectivity index (χ3n) is 2.32. The van der Waals surface area contributed by atoms with Crippen molar-refractivity contribution < 1.29 is 4.92 Å². The lowest BCUT2D eigenvalue weighted by molar-refractivity contribution is -0.384. The molecule has 0 aliphatic carbocycles. The Morgan fingerprint density at radius 3 is 2.88 bits per heavy atom. The van der Waals surface area contributed by atoms with E-state index in [-0.39, 0.29) is 11.6 Å². The van der Waals surface area contributed by atoms with Crippen LogP contribution in [-0.2, 0) is 0 Å². The lowest BCUT2D eigenvalue weighted by Crippen LogP contribution is -1.98. The summed E-state index contributed by atoms with van der Waals surface area (Å²) in [5.74, 6) is 0.150. The fourth-order valence-corrected chi connectivity index (χ4v) is 1.51. The van der Waals surface area contributed by atoms with E-state index in [9.17, 15) is 10.1 Å². The number of benzene rings is 1. The smallest absolute Gasteiger partial charge is 0.270 e. The van der Waals surface area contributed by atoms with E-state index in [1.165, 1.54) is 12.1 Å². The first-order valence-electron chi connectivity index (χ1n) is 4.92. The number of aryl methyl sites for hydroxylation is 1. The number of nitrogens with zero attached hydrogens (tertiary/aromatic N) is 3. The maximum Gasteiger partial charge on any atom is 0.270 e. The van der Waals surface area contributed by atoms with Crippen LogP contribution < -0.4 is 5.73 Å². The summed E-state index contributed by atoms with van der Waals surface area (Å²) in [6.45, 7) is 1.83. The van der Waals surface area contributed by atoms with Crippen LogP contribution in [0.25, 0.3) is 11.3 Å². The first-order chi connectivity index (χ1) is 8.08. The number of anilines is 1. The molecule has 86 valence electrons. The monoisotopic (exact) mass is 230 g/mol. The van der Waals surface area contributed by atoms with Crippen LogP contribution >= 0.6 is 0 Å². The molecule has 0 radical (unpaired) electrons. The molecule has 0 atom stereocenters. The molecule has 1 heterocycles. The summed E-state index contributed by atoms with van der Waals surface area (Å²) in [7, 11) is 0. The van der Waals surface area contributed by atoms with Gasteiger partial charge in [-0.1, -0.05) is 12.1 Å². The highest BCUT2D eigenvalue weighted by Crippen LogP contribution is 2.24. The van der Waals surface area contributed by atoms with Gasteiger partial charge in [-0.2, -0.15) is 0 Å². The maximum atomic E-state index is 10.7. The van der Waals surface area contributed by atoms with E-state index in [0.717, 1.165) is 5.56 Å². The van der Waals surface area contributed by atoms with Gasteiger partial charge in [0.15, 0.2) is 0 Å². The van der Waals surface area contributed by atoms with E-state index in [4.69, 9.17) is 5.73 Å². The van der Waals surface area contributed by atoms with Gasteiger partial charge in [0.1, 0.15) is 0 Å². The highest BCUT2D eigenvalue weighted by molar-refractivity contribution is 5.66. The summed E-state index contributed by atoms with van der Waals surface area (Å²) < 4.78 is 0. The minimum absolute atomic E-state index is 0.0269. The number of nitrogens with two attached hydrogens (primary N) is 1. The molecular formula is C11H10N4O2. The predicted octanol–water partition coefficient (Wildman–Crippen LogP) is 1.94. The lowest BCUT2D eigenvalue weighted by atomic mass is 10.1. The number of aromatic nitrogens is 2. The Morgan fingerprint density at radius 1 is 1.41 bits per heavy atom. The summed E-state index contributed by atoms with van der Waals surface area (Å²) in [4.78, 5) is 18.2. The highest BCUT2D eigenvalue weighted by atomic mass is 16.6. The predicted molar refractivity (Wildman–Crippen MR) is 63.3 cm³/mol. The molecule has 0 unspecified atom stereocenters. The van der Waals surface area contributed by atoms with Gasteiger partial charge >= 0.3 is 0 Å². The Bertz CT molecular complexity index is 583. The summed E-state index contributed by atoms with van der Waals surface area (Å²) in [6.07, 6.45) is 1.59. The van der Waals surface area contributed by atoms with E-state index >= 15 is 0 Å². The molecule has 0 fully saturated rings. The molecule has 2 aromatic rings. The molecule has 0 saturated heterocycles. The largest absolute Gasteiger partial charge is 0.368 e. The first kappa shape index (κ1) is 11.0. The van der Waals surface area contributed by atoms with Crippen molar-refractivity contribution in [2.75, 3.05) is 5.73 Å². The molecule has 0 saturated carbocycles. The van der Waals surface area contributed by atoms with Gasteiger partial charge in [-0.05, 0) is 12.5 Å². The van der Waals surface area contributed by atoms with Crippen LogP contribution in [0, 0.1) is 17.0 Å². The molecule has 1 aromatic heterocycles. The van der Waals surface area contributed by atoms with Crippen molar-refractivity contribution in [1.29, 1.82) is 0 Å². The number of nitro groups is 1. The van der Waals surface area contributed by atoms with Gasteiger partial charge in [-0.3, -0.25) is 10.1 Å². The van der Waals surface area contributed by atoms with Gasteiger partial charge in [-0.25, -0.2) is 9.97 Å². The third kappa shape index (κ3) is 2.20. The molecule has 0 aliphatic heterocycles. The fraction of sp³-hybridized carbons (Fsp3) is 0.0909. The number of hydrogen-bond donors (Lipinski definition) is 1. The van der Waals surface area contributed by atoms with Gasteiger partial charge in [0.25, 0.3) is 5.69 Å². The number of hydrogen-bond acceptors (Lipinski definition) is 5. The van der Waals surface area contributed by atoms with Gasteiger partial charge in [0.05, 0.1) is 10.6 Å². The Balaban J connectivity index is 2.56. The Hall–Kier alpha value is -2.50. The Kier molecular flexibility index (Phi) is 2.70. The second-order valence-electron chi connectivity index (χ2n) is 3.57. The zero-order chi connectivity index (χ0) is 12.4. The van der Waals surface area contributed by atoms with Crippen LogP contribution in [0.15, 0.2) is 30.5 Å². The van der Waals surface area contributed by atoms with Gasteiger partial charge in [-0.15, -0.1) is 0 Å². The second kappa shape index (κ2) is 4.17. The normalized spacial score (nSPS) is 10.2. The zero-order valence-electron chi connectivity index (χ0n) is 9.12. The molecule has 2 rings (SSSR count). The van der Waals surface area contributed by atoms with Crippen molar-refractivity contribution >= 4 is 11.6 Å². The van der Waals surface area contributed by atoms with Crippen molar-refractivity contribution in [2.24, 2.45) is 0 Å². The molecule has 0 aliphatic rings. The van der Waals surface area contributed by atoms with Crippen LogP contribution in [0.1, 0.15) is 5.56 Å². The van der Waals surface area contributed by atoms with Crippen molar-refractivity contribution in [3.8, 4) is 11.3 Å². The third-order valence-corrected chi connectivity index (χ3v) is 2.32. The number of nitro benzene ring substituents is 1. The summed E-state index contributed by atoms with van der Waals surface area (Å²) in [6, 6.07) is 6.27. The van der Waals surface area contributed by atoms with E-state index in [1.807, 2.05) is 6.92 Å². The van der Waals surface area contributed by atoms with Crippen LogP contribution in [-0.4, -0.2) is 14.9 Å². The van der Waals surface area contributed by atoms with Crippen molar-refractivity contribution in [3.05, 3.63) is 46.1 Å². The number of non-ortho nitro benzene ring substituents is 1. The standard InChI is InChI=1S/C11H10N4O2/c1-7-6-13-11(12)14-10(7)8-3-2-4-9(5-8)15(16)17/h2-6H,1H3,(H2,12,13,14). The van der Waals surface area contributed by atoms with Gasteiger partial charge < -0.3 is 5.73 Å². The highest BCUT2D eigenvalue weighted by Gasteiger charge is 2.10. The van der Waals surface area contributed by atoms with Crippen molar-refractivity contribution in [3.63, 3.8) is 0 Å². The average Bonchev–Trinajstić information content (AvgIpc) is 2.32. The number of nitrogen functional groups attached to an aromatic ring is 1. The Labute approximate surface area is 97.3 Å². The Morgan fingerprint density at radius 2 is 2.18 bits per heavy atom. The van der Waals surface area contributed by atoms with Crippen LogP contribution in [0.2, 0.25) is 0 Å². The second-order valence-corrected chi connectivity index (χ2v) is 3.57. The molecule has 0 spiro atoms. The fourth-order valence-electron chi connectivity index (χ4n) is 1.51. The van der Waals surface area contributed by atoms with Crippen LogP contribution in [0.3, 0.4) is 0 Å². The molecule has 2 N–H and O–H groups in total. The van der Waals surface area contributed by atoms with E-state index in [1.54, 1.807) is 18.3 Å². The summed E-state index contributed by atoms with van der Waals surface area (Å²) >= 11 is 0. The number of rotatable bonds is 2. The summed E-state index contributed by atoms with van der Waals surface area (Å²) in [5, 5.41) is 10.7. The summed E-state index contributed by atoms with van der Waals surface area (Å²) in [5.41, 5.74) is 7.62. The molecule has 6 nitrogen and oxygen atoms in total. The quantitative estimate of drug-likeness (QED) is 0.628. The topological polar surface area (TPSA) is 94.9 Å². The maximum absolute atomic E-state index is 10.7. The molecule has 0 bridgehead atoms. The minimum atomic E-state index is -0.441. The average molecular weight is 230 g/mol. The molecule has 0 amide bonds. The molecule has 6 heteroatoms. The van der Waals surface area contributed by atoms with E-state index < -0.39 is 4.92 Å². The molecule has 17 heavy (non-hydrogen) atoms. The van der Waals surface area contributed by atoms with Crippen molar-refractivity contribution in [2.45, 2.75) is 6.92 Å². The van der Waals surface area contributed by atoms with Gasteiger partial charge in [0, 0.05) is 23.9 Å². The van der Waals surface area contributed by atoms with E-state index in [0.29, 0.717) is 11.3 Å². The van der Waals surface area contributed by atoms with Gasteiger partial charge in [0.2, 0.25) is 5.95 Å². The first-order valence-corrected chi connectivity index (χ1v) is 4.92. The van der Waals surface area contributed by atoms with Crippen LogP contribution in [0.4, 0.5) is 11.6 Å². The van der Waals surface area contributed by atoms with Crippen molar-refractivity contribution in [1.82, 2.24) is 9.97 Å². The lowest BCUT2D eigenvalue weighted by Gasteiger charge is -2.04.